The molecule has 37 heavy (non-hydrogen) atoms. The highest BCUT2D eigenvalue weighted by Crippen LogP contribution is 2.77. The number of hydrogen-bond donors (Lipinski definition) is 1. The van der Waals surface area contributed by atoms with E-state index in [1.54, 1.807) is 0 Å². The van der Waals surface area contributed by atoms with E-state index in [2.05, 4.69) is 46.8 Å². The predicted octanol–water partition coefficient (Wildman–Crippen LogP) is 4.91. The molecule has 0 radical (unpaired) electrons. The Labute approximate surface area is 220 Å². The zero-order chi connectivity index (χ0) is 27.2. The van der Waals surface area contributed by atoms with Crippen molar-refractivity contribution >= 4 is 11.6 Å². The largest absolute Gasteiger partial charge is 0.393 e. The lowest BCUT2D eigenvalue weighted by atomic mass is 9.33. The maximum Gasteiger partial charge on any atom is 0.240 e. The Balaban J connectivity index is 1.52. The first kappa shape index (κ1) is 25.3. The highest BCUT2D eigenvalue weighted by molar-refractivity contribution is 6.01. The minimum Gasteiger partial charge on any atom is -0.393 e. The minimum atomic E-state index is -1.42. The topological polar surface area (TPSA) is 114 Å². The summed E-state index contributed by atoms with van der Waals surface area (Å²) in [6.07, 6.45) is 4.96. The average molecular weight is 505 g/mol. The Hall–Kier alpha value is -2.02. The molecule has 6 nitrogen and oxygen atoms in total. The van der Waals surface area contributed by atoms with Crippen molar-refractivity contribution in [1.82, 2.24) is 0 Å². The van der Waals surface area contributed by atoms with Crippen molar-refractivity contribution < 1.29 is 19.4 Å². The first-order valence-corrected chi connectivity index (χ1v) is 14.0. The minimum absolute atomic E-state index is 0.0145. The zero-order valence-corrected chi connectivity index (χ0v) is 23.3. The Bertz CT molecular complexity index is 1250. The van der Waals surface area contributed by atoms with Crippen LogP contribution >= 0.6 is 0 Å². The van der Waals surface area contributed by atoms with Gasteiger partial charge in [0.1, 0.15) is 12.2 Å². The van der Waals surface area contributed by atoms with Crippen molar-refractivity contribution in [1.29, 1.82) is 10.5 Å². The van der Waals surface area contributed by atoms with E-state index in [1.165, 1.54) is 0 Å². The van der Waals surface area contributed by atoms with Gasteiger partial charge in [-0.1, -0.05) is 54.0 Å². The molecular formula is C31H40N2O4. The number of ketones is 2. The highest BCUT2D eigenvalue weighted by Gasteiger charge is 2.82. The van der Waals surface area contributed by atoms with Crippen LogP contribution in [0.15, 0.2) is 11.6 Å². The van der Waals surface area contributed by atoms with E-state index in [4.69, 9.17) is 4.74 Å². The number of Topliss-reactive ketones (excluding diaryl/α,β-unsaturated/α-hetero) is 1. The summed E-state index contributed by atoms with van der Waals surface area (Å²) >= 11 is 0. The quantitative estimate of drug-likeness (QED) is 0.469. The van der Waals surface area contributed by atoms with E-state index in [1.807, 2.05) is 19.9 Å². The number of nitriles is 2. The number of carbonyl (C=O) groups excluding carboxylic acids is 2. The van der Waals surface area contributed by atoms with Crippen LogP contribution in [0.25, 0.3) is 0 Å². The van der Waals surface area contributed by atoms with Gasteiger partial charge >= 0.3 is 0 Å². The number of aliphatic hydroxyl groups excluding tert-OH is 1. The molecule has 0 amide bonds. The van der Waals surface area contributed by atoms with Crippen molar-refractivity contribution in [3.05, 3.63) is 11.6 Å². The van der Waals surface area contributed by atoms with Gasteiger partial charge in [0.15, 0.2) is 11.6 Å². The van der Waals surface area contributed by atoms with Gasteiger partial charge in [0.2, 0.25) is 5.60 Å². The first-order valence-electron chi connectivity index (χ1n) is 14.0. The first-order chi connectivity index (χ1) is 17.0. The van der Waals surface area contributed by atoms with E-state index in [0.717, 1.165) is 24.8 Å². The number of allylic oxidation sites excluding steroid dienone is 1. The van der Waals surface area contributed by atoms with Gasteiger partial charge in [0, 0.05) is 16.7 Å². The maximum absolute atomic E-state index is 14.3. The lowest BCUT2D eigenvalue weighted by molar-refractivity contribution is -0.178. The van der Waals surface area contributed by atoms with Gasteiger partial charge in [-0.05, 0) is 72.7 Å². The average Bonchev–Trinajstić information content (AvgIpc) is 3.58. The van der Waals surface area contributed by atoms with Crippen LogP contribution in [0.4, 0.5) is 0 Å². The van der Waals surface area contributed by atoms with Gasteiger partial charge in [-0.25, -0.2) is 0 Å². The molecule has 1 saturated heterocycles. The Morgan fingerprint density at radius 2 is 1.65 bits per heavy atom. The molecule has 198 valence electrons. The Morgan fingerprint density at radius 3 is 2.27 bits per heavy atom. The third-order valence-corrected chi connectivity index (χ3v) is 13.1. The number of aliphatic hydroxyl groups is 1. The molecule has 6 rings (SSSR count). The molecule has 3 unspecified atom stereocenters. The summed E-state index contributed by atoms with van der Waals surface area (Å²) in [5, 5.41) is 31.4. The summed E-state index contributed by atoms with van der Waals surface area (Å²) in [5.74, 6) is -0.460. The van der Waals surface area contributed by atoms with Gasteiger partial charge in [-0.15, -0.1) is 0 Å². The second-order valence-electron chi connectivity index (χ2n) is 15.2. The SMILES string of the molecule is CC1(C)C[C@H]2[C@H]3C(=O)C=C4[C@@]5(C)C6OC6(C#N)C(=O)C(C)(C)[C@@H]5CC[C@@]4(C)[C@]3(C)CC[C@@]2(C#N)CC1O. The number of fused-ring (bicyclic) bond motifs is 9. The van der Waals surface area contributed by atoms with Crippen molar-refractivity contribution in [2.75, 3.05) is 0 Å². The Kier molecular flexibility index (Phi) is 4.61. The molecule has 5 aliphatic carbocycles. The molecule has 0 aromatic heterocycles. The zero-order valence-electron chi connectivity index (χ0n) is 23.3. The fraction of sp³-hybridized carbons (Fsp3) is 0.806. The fourth-order valence-electron chi connectivity index (χ4n) is 10.7. The molecule has 6 heteroatoms. The lowest BCUT2D eigenvalue weighted by Gasteiger charge is -2.69. The second kappa shape index (κ2) is 6.75. The van der Waals surface area contributed by atoms with E-state index in [0.29, 0.717) is 19.3 Å². The molecule has 4 saturated carbocycles. The Morgan fingerprint density at radius 1 is 0.973 bits per heavy atom. The van der Waals surface area contributed by atoms with E-state index < -0.39 is 34.1 Å². The third-order valence-electron chi connectivity index (χ3n) is 13.1. The summed E-state index contributed by atoms with van der Waals surface area (Å²) < 4.78 is 6.06. The monoisotopic (exact) mass is 504 g/mol. The second-order valence-corrected chi connectivity index (χ2v) is 15.2. The number of epoxide rings is 1. The molecule has 0 bridgehead atoms. The van der Waals surface area contributed by atoms with Crippen LogP contribution < -0.4 is 0 Å². The maximum atomic E-state index is 14.3. The molecule has 0 aromatic rings. The molecule has 10 atom stereocenters. The summed E-state index contributed by atoms with van der Waals surface area (Å²) in [5.41, 5.74) is -3.40. The molecule has 1 heterocycles. The summed E-state index contributed by atoms with van der Waals surface area (Å²) in [4.78, 5) is 27.8. The van der Waals surface area contributed by atoms with E-state index in [-0.39, 0.29) is 45.6 Å². The van der Waals surface area contributed by atoms with Crippen LogP contribution in [0, 0.1) is 72.9 Å². The van der Waals surface area contributed by atoms with Crippen molar-refractivity contribution in [2.45, 2.75) is 105 Å². The normalized spacial score (nSPS) is 54.6. The van der Waals surface area contributed by atoms with Gasteiger partial charge < -0.3 is 9.84 Å². The molecule has 0 aromatic carbocycles. The highest BCUT2D eigenvalue weighted by atomic mass is 16.6. The van der Waals surface area contributed by atoms with Crippen molar-refractivity contribution in [3.8, 4) is 12.1 Å². The van der Waals surface area contributed by atoms with Crippen LogP contribution in [0.1, 0.15) is 87.0 Å². The van der Waals surface area contributed by atoms with Crippen molar-refractivity contribution in [2.24, 2.45) is 50.2 Å². The third kappa shape index (κ3) is 2.54. The van der Waals surface area contributed by atoms with Gasteiger partial charge in [0.05, 0.1) is 17.6 Å². The van der Waals surface area contributed by atoms with Crippen LogP contribution in [-0.2, 0) is 14.3 Å². The van der Waals surface area contributed by atoms with Crippen LogP contribution in [0.3, 0.4) is 0 Å². The van der Waals surface area contributed by atoms with Gasteiger partial charge in [-0.2, -0.15) is 10.5 Å². The summed E-state index contributed by atoms with van der Waals surface area (Å²) in [6.45, 7) is 14.7. The predicted molar refractivity (Wildman–Crippen MR) is 135 cm³/mol. The lowest BCUT2D eigenvalue weighted by Crippen LogP contribution is -2.67. The molecule has 1 aliphatic heterocycles. The van der Waals surface area contributed by atoms with Crippen LogP contribution in [-0.4, -0.2) is 34.5 Å². The number of nitrogens with zero attached hydrogens (tertiary/aromatic N) is 2. The molecule has 6 aliphatic rings. The molecule has 0 spiro atoms. The van der Waals surface area contributed by atoms with Gasteiger partial charge in [0.25, 0.3) is 0 Å². The molecular weight excluding hydrogens is 464 g/mol. The van der Waals surface area contributed by atoms with Gasteiger partial charge in [-0.3, -0.25) is 9.59 Å². The number of rotatable bonds is 0. The fourth-order valence-corrected chi connectivity index (χ4v) is 10.7. The van der Waals surface area contributed by atoms with Crippen LogP contribution in [0.2, 0.25) is 0 Å². The number of hydrogen-bond acceptors (Lipinski definition) is 6. The molecule has 1 N–H and O–H groups in total. The number of ether oxygens (including phenoxy) is 1. The standard InChI is InChI=1S/C31H40N2O4/c1-25(2)13-17-22-18(34)12-20-27(5,28(22,6)10-11-30(17,15-32)14-21(25)35)9-8-19-26(3,4)23(36)31(16-33)24(37-31)29(19,20)7/h12,17,19,21-22,24,35H,8-11,13-14H2,1-7H3/t17-,19-,21?,22-,24?,27+,28+,29-,30-,31?/m0/s1. The van der Waals surface area contributed by atoms with Crippen LogP contribution in [0.5, 0.6) is 0 Å². The summed E-state index contributed by atoms with van der Waals surface area (Å²) in [7, 11) is 0. The van der Waals surface area contributed by atoms with E-state index >= 15 is 0 Å². The number of carbonyl (C=O) groups is 2. The van der Waals surface area contributed by atoms with Crippen molar-refractivity contribution in [3.63, 3.8) is 0 Å². The molecule has 5 fully saturated rings. The summed E-state index contributed by atoms with van der Waals surface area (Å²) in [6, 6.07) is 4.83. The smallest absolute Gasteiger partial charge is 0.240 e. The van der Waals surface area contributed by atoms with E-state index in [9.17, 15) is 25.2 Å².